The Morgan fingerprint density at radius 2 is 1.56 bits per heavy atom. The number of amides is 1. The number of allylic oxidation sites excluding steroid dienone is 1. The summed E-state index contributed by atoms with van der Waals surface area (Å²) in [7, 11) is 0. The number of imidazole rings is 1. The maximum Gasteiger partial charge on any atom is 0.272 e. The molecule has 11 heteroatoms. The average molecular weight is 653 g/mol. The second-order valence-electron chi connectivity index (χ2n) is 12.6. The predicted molar refractivity (Wildman–Crippen MR) is 184 cm³/mol. The molecule has 4 aromatic rings. The van der Waals surface area contributed by atoms with Gasteiger partial charge in [0.25, 0.3) is 11.1 Å². The summed E-state index contributed by atoms with van der Waals surface area (Å²) >= 11 is 0. The van der Waals surface area contributed by atoms with Crippen molar-refractivity contribution < 1.29 is 14.0 Å². The Bertz CT molecular complexity index is 2060. The van der Waals surface area contributed by atoms with Crippen LogP contribution in [0.15, 0.2) is 76.1 Å². The van der Waals surface area contributed by atoms with Crippen LogP contribution in [0.5, 0.6) is 0 Å². The molecule has 0 unspecified atom stereocenters. The van der Waals surface area contributed by atoms with E-state index >= 15 is 0 Å². The van der Waals surface area contributed by atoms with E-state index in [4.69, 9.17) is 0 Å². The van der Waals surface area contributed by atoms with Gasteiger partial charge in [0.15, 0.2) is 5.78 Å². The number of carbonyl (C=O) groups excluding carboxylic acids is 2. The molecule has 0 saturated carbocycles. The Hall–Kier alpha value is -5.16. The van der Waals surface area contributed by atoms with E-state index in [1.807, 2.05) is 18.7 Å². The second kappa shape index (κ2) is 15.2. The van der Waals surface area contributed by atoms with E-state index in [1.165, 1.54) is 30.3 Å². The van der Waals surface area contributed by atoms with Crippen molar-refractivity contribution in [2.24, 2.45) is 0 Å². The van der Waals surface area contributed by atoms with Crippen LogP contribution >= 0.6 is 0 Å². The van der Waals surface area contributed by atoms with Gasteiger partial charge < -0.3 is 19.4 Å². The van der Waals surface area contributed by atoms with E-state index in [2.05, 4.69) is 38.3 Å². The molecule has 0 spiro atoms. The molecular weight excluding hydrogens is 611 g/mol. The number of carbonyl (C=O) groups is 2. The van der Waals surface area contributed by atoms with E-state index in [1.54, 1.807) is 42.7 Å². The number of nitrogens with one attached hydrogen (secondary N) is 2. The average Bonchev–Trinajstić information content (AvgIpc) is 3.46. The molecule has 0 bridgehead atoms. The van der Waals surface area contributed by atoms with Crippen LogP contribution in [0.4, 0.5) is 4.39 Å². The molecule has 48 heavy (non-hydrogen) atoms. The number of aryl methyl sites for hydroxylation is 1. The van der Waals surface area contributed by atoms with Crippen molar-refractivity contribution in [3.05, 3.63) is 132 Å². The van der Waals surface area contributed by atoms with Gasteiger partial charge in [-0.15, -0.1) is 0 Å². The summed E-state index contributed by atoms with van der Waals surface area (Å²) in [6.07, 6.45) is 7.46. The van der Waals surface area contributed by atoms with Gasteiger partial charge in [-0.1, -0.05) is 37.6 Å². The maximum absolute atomic E-state index is 13.3. The summed E-state index contributed by atoms with van der Waals surface area (Å²) < 4.78 is 15.4. The Morgan fingerprint density at radius 1 is 0.896 bits per heavy atom. The number of rotatable bonds is 10. The highest BCUT2D eigenvalue weighted by molar-refractivity contribution is 6.09. The van der Waals surface area contributed by atoms with Crippen LogP contribution in [0.1, 0.15) is 72.9 Å². The number of ketones is 1. The minimum absolute atomic E-state index is 0.0419. The zero-order valence-electron chi connectivity index (χ0n) is 27.8. The first-order valence-corrected chi connectivity index (χ1v) is 16.2. The summed E-state index contributed by atoms with van der Waals surface area (Å²) in [5.41, 5.74) is 2.85. The number of hydrogen-bond acceptors (Lipinski definition) is 6. The van der Waals surface area contributed by atoms with Gasteiger partial charge in [-0.25, -0.2) is 9.37 Å². The number of aromatic nitrogens is 4. The SMILES string of the molecule is CC(C)=CC(=O)N1CCN(CCCn2cnc(/C=c3\[nH]c(=O)/c(=C/c4cccc(C(=O)c5ccc(F)cc5)c4)[nH]c3=O)c2C(C)C)CC1. The largest absolute Gasteiger partial charge is 0.337 e. The fraction of sp³-hybridized carbons (Fsp3) is 0.324. The summed E-state index contributed by atoms with van der Waals surface area (Å²) in [6, 6.07) is 11.9. The molecule has 0 radical (unpaired) electrons. The first kappa shape index (κ1) is 34.2. The summed E-state index contributed by atoms with van der Waals surface area (Å²) in [4.78, 5) is 65.5. The Labute approximate surface area is 278 Å². The molecule has 10 nitrogen and oxygen atoms in total. The number of hydrogen-bond donors (Lipinski definition) is 2. The molecule has 1 saturated heterocycles. The van der Waals surface area contributed by atoms with Crippen LogP contribution in [0, 0.1) is 5.82 Å². The van der Waals surface area contributed by atoms with E-state index in [-0.39, 0.29) is 28.3 Å². The highest BCUT2D eigenvalue weighted by Gasteiger charge is 2.20. The molecule has 2 aromatic heterocycles. The molecule has 1 aliphatic heterocycles. The molecule has 5 rings (SSSR count). The minimum Gasteiger partial charge on any atom is -0.337 e. The highest BCUT2D eigenvalue weighted by Crippen LogP contribution is 2.20. The topological polar surface area (TPSA) is 124 Å². The third-order valence-electron chi connectivity index (χ3n) is 8.26. The molecule has 0 atom stereocenters. The van der Waals surface area contributed by atoms with Crippen LogP contribution in [0.3, 0.4) is 0 Å². The van der Waals surface area contributed by atoms with E-state index in [0.29, 0.717) is 22.4 Å². The van der Waals surface area contributed by atoms with Gasteiger partial charge in [0.1, 0.15) is 16.5 Å². The first-order valence-electron chi connectivity index (χ1n) is 16.2. The van der Waals surface area contributed by atoms with E-state index in [0.717, 1.165) is 57.0 Å². The van der Waals surface area contributed by atoms with Gasteiger partial charge >= 0.3 is 0 Å². The number of H-pyrrole nitrogens is 2. The number of benzene rings is 2. The number of aromatic amines is 2. The molecule has 1 amide bonds. The smallest absolute Gasteiger partial charge is 0.272 e. The maximum atomic E-state index is 13.3. The highest BCUT2D eigenvalue weighted by atomic mass is 19.1. The summed E-state index contributed by atoms with van der Waals surface area (Å²) in [5.74, 6) is -0.525. The standard InChI is InChI=1S/C37H41FN6O4/c1-24(2)19-33(45)43-17-15-42(16-18-43)13-6-14-44-23-39-30(34(44)25(3)4)22-32-37(48)40-31(36(47)41-32)21-26-7-5-8-28(20-26)35(46)27-9-11-29(38)12-10-27/h5,7-12,19-23,25H,6,13-18H2,1-4H3,(H,40,48)(H,41,47)/b31-21-,32-22-. The zero-order valence-corrected chi connectivity index (χ0v) is 27.8. The fourth-order valence-corrected chi connectivity index (χ4v) is 5.86. The third-order valence-corrected chi connectivity index (χ3v) is 8.26. The van der Waals surface area contributed by atoms with Crippen molar-refractivity contribution in [1.82, 2.24) is 29.3 Å². The number of halogens is 1. The zero-order chi connectivity index (χ0) is 34.4. The first-order chi connectivity index (χ1) is 23.0. The van der Waals surface area contributed by atoms with Crippen LogP contribution in [-0.2, 0) is 11.3 Å². The molecular formula is C37H41FN6O4. The van der Waals surface area contributed by atoms with Crippen LogP contribution < -0.4 is 21.8 Å². The van der Waals surface area contributed by atoms with Crippen molar-refractivity contribution in [2.45, 2.75) is 46.6 Å². The van der Waals surface area contributed by atoms with Crippen LogP contribution in [0.2, 0.25) is 0 Å². The Balaban J connectivity index is 1.29. The van der Waals surface area contributed by atoms with E-state index in [9.17, 15) is 23.6 Å². The van der Waals surface area contributed by atoms with Gasteiger partial charge in [-0.3, -0.25) is 24.1 Å². The molecule has 250 valence electrons. The lowest BCUT2D eigenvalue weighted by atomic mass is 10.0. The third kappa shape index (κ3) is 8.40. The molecule has 3 heterocycles. The lowest BCUT2D eigenvalue weighted by Gasteiger charge is -2.34. The molecule has 2 N–H and O–H groups in total. The van der Waals surface area contributed by atoms with Gasteiger partial charge in [0, 0.05) is 55.6 Å². The molecule has 2 aromatic carbocycles. The number of piperazine rings is 1. The summed E-state index contributed by atoms with van der Waals surface area (Å²) in [5, 5.41) is 0.130. The van der Waals surface area contributed by atoms with Gasteiger partial charge in [0.2, 0.25) is 5.91 Å². The van der Waals surface area contributed by atoms with Gasteiger partial charge in [0.05, 0.1) is 12.0 Å². The lowest BCUT2D eigenvalue weighted by molar-refractivity contribution is -0.127. The van der Waals surface area contributed by atoms with Gasteiger partial charge in [-0.2, -0.15) is 0 Å². The molecule has 1 fully saturated rings. The quantitative estimate of drug-likeness (QED) is 0.201. The fourth-order valence-electron chi connectivity index (χ4n) is 5.86. The predicted octanol–water partition coefficient (Wildman–Crippen LogP) is 2.91. The Morgan fingerprint density at radius 3 is 2.21 bits per heavy atom. The summed E-state index contributed by atoms with van der Waals surface area (Å²) in [6.45, 7) is 12.7. The lowest BCUT2D eigenvalue weighted by Crippen LogP contribution is -2.48. The molecule has 1 aliphatic rings. The molecule has 0 aliphatic carbocycles. The van der Waals surface area contributed by atoms with Crippen molar-refractivity contribution in [1.29, 1.82) is 0 Å². The van der Waals surface area contributed by atoms with Crippen molar-refractivity contribution >= 4 is 23.8 Å². The van der Waals surface area contributed by atoms with Crippen molar-refractivity contribution in [2.75, 3.05) is 32.7 Å². The second-order valence-corrected chi connectivity index (χ2v) is 12.6. The van der Waals surface area contributed by atoms with Crippen molar-refractivity contribution in [3.8, 4) is 0 Å². The van der Waals surface area contributed by atoms with Crippen molar-refractivity contribution in [3.63, 3.8) is 0 Å². The van der Waals surface area contributed by atoms with Crippen LogP contribution in [-0.4, -0.2) is 73.7 Å². The monoisotopic (exact) mass is 652 g/mol. The Kier molecular flexibility index (Phi) is 10.8. The minimum atomic E-state index is -0.496. The van der Waals surface area contributed by atoms with Crippen LogP contribution in [0.25, 0.3) is 12.2 Å². The van der Waals surface area contributed by atoms with E-state index < -0.39 is 16.9 Å². The normalized spacial score (nSPS) is 14.5. The van der Waals surface area contributed by atoms with Gasteiger partial charge in [-0.05, 0) is 80.8 Å². The number of nitrogens with zero attached hydrogens (tertiary/aromatic N) is 4.